The monoisotopic (exact) mass is 318 g/mol. The van der Waals surface area contributed by atoms with E-state index in [1.165, 1.54) is 0 Å². The van der Waals surface area contributed by atoms with Crippen molar-refractivity contribution in [1.82, 2.24) is 9.97 Å². The SMILES string of the molecule is Oc1ccc2c(C=NN=Cc3c[nH]c4cc(O)ccc34)c[nH]c2c1. The minimum absolute atomic E-state index is 0.219. The molecule has 0 radical (unpaired) electrons. The number of aromatic amines is 2. The minimum atomic E-state index is 0.219. The molecular weight excluding hydrogens is 304 g/mol. The largest absolute Gasteiger partial charge is 0.508 e. The molecule has 0 aliphatic rings. The van der Waals surface area contributed by atoms with Crippen molar-refractivity contribution in [2.75, 3.05) is 0 Å². The van der Waals surface area contributed by atoms with Crippen LogP contribution in [0.1, 0.15) is 11.1 Å². The third-order valence-electron chi connectivity index (χ3n) is 3.85. The Morgan fingerprint density at radius 3 is 1.62 bits per heavy atom. The Balaban J connectivity index is 1.58. The first kappa shape index (κ1) is 14.1. The molecule has 0 aliphatic heterocycles. The summed E-state index contributed by atoms with van der Waals surface area (Å²) in [6, 6.07) is 10.3. The summed E-state index contributed by atoms with van der Waals surface area (Å²) in [5.41, 5.74) is 3.48. The predicted molar refractivity (Wildman–Crippen MR) is 95.1 cm³/mol. The summed E-state index contributed by atoms with van der Waals surface area (Å²) in [6.45, 7) is 0. The van der Waals surface area contributed by atoms with Crippen molar-refractivity contribution < 1.29 is 10.2 Å². The maximum Gasteiger partial charge on any atom is 0.117 e. The molecule has 4 N–H and O–H groups in total. The van der Waals surface area contributed by atoms with Gasteiger partial charge >= 0.3 is 0 Å². The van der Waals surface area contributed by atoms with Crippen LogP contribution in [-0.2, 0) is 0 Å². The van der Waals surface area contributed by atoms with E-state index < -0.39 is 0 Å². The van der Waals surface area contributed by atoms with Crippen LogP contribution in [-0.4, -0.2) is 32.6 Å². The van der Waals surface area contributed by atoms with E-state index in [2.05, 4.69) is 20.2 Å². The van der Waals surface area contributed by atoms with Gasteiger partial charge in [0.25, 0.3) is 0 Å². The van der Waals surface area contributed by atoms with E-state index in [1.807, 2.05) is 24.5 Å². The molecule has 0 saturated carbocycles. The highest BCUT2D eigenvalue weighted by Gasteiger charge is 2.03. The van der Waals surface area contributed by atoms with Gasteiger partial charge in [0.05, 0.1) is 12.4 Å². The van der Waals surface area contributed by atoms with Gasteiger partial charge < -0.3 is 20.2 Å². The number of phenols is 2. The van der Waals surface area contributed by atoms with Crippen LogP contribution >= 0.6 is 0 Å². The lowest BCUT2D eigenvalue weighted by Crippen LogP contribution is -1.79. The van der Waals surface area contributed by atoms with Crippen LogP contribution in [0.2, 0.25) is 0 Å². The summed E-state index contributed by atoms with van der Waals surface area (Å²) in [5.74, 6) is 0.437. The number of nitrogens with one attached hydrogen (secondary N) is 2. The number of hydrogen-bond donors (Lipinski definition) is 4. The van der Waals surface area contributed by atoms with Gasteiger partial charge in [-0.3, -0.25) is 0 Å². The van der Waals surface area contributed by atoms with Crippen LogP contribution in [0.25, 0.3) is 21.8 Å². The van der Waals surface area contributed by atoms with Crippen LogP contribution in [0.3, 0.4) is 0 Å². The second-order valence-corrected chi connectivity index (χ2v) is 5.44. The summed E-state index contributed by atoms with van der Waals surface area (Å²) in [5, 5.41) is 29.0. The summed E-state index contributed by atoms with van der Waals surface area (Å²) < 4.78 is 0. The van der Waals surface area contributed by atoms with Crippen molar-refractivity contribution in [3.63, 3.8) is 0 Å². The molecule has 6 nitrogen and oxygen atoms in total. The quantitative estimate of drug-likeness (QED) is 0.343. The number of aromatic nitrogens is 2. The van der Waals surface area contributed by atoms with E-state index in [9.17, 15) is 10.2 Å². The fourth-order valence-electron chi connectivity index (χ4n) is 2.68. The number of benzene rings is 2. The molecule has 0 aliphatic carbocycles. The fraction of sp³-hybridized carbons (Fsp3) is 0. The smallest absolute Gasteiger partial charge is 0.117 e. The van der Waals surface area contributed by atoms with E-state index in [4.69, 9.17) is 0 Å². The number of hydrogen-bond acceptors (Lipinski definition) is 4. The van der Waals surface area contributed by atoms with Crippen molar-refractivity contribution in [3.8, 4) is 11.5 Å². The normalized spacial score (nSPS) is 12.2. The standard InChI is InChI=1S/C18H14N4O2/c23-13-1-3-15-11(7-19-17(15)5-13)9-21-22-10-12-8-20-18-6-14(24)2-4-16(12)18/h1-10,19-20,23-24H. The molecule has 0 bridgehead atoms. The molecule has 0 saturated heterocycles. The Bertz CT molecular complexity index is 1000. The highest BCUT2D eigenvalue weighted by Crippen LogP contribution is 2.22. The molecule has 6 heteroatoms. The van der Waals surface area contributed by atoms with Crippen LogP contribution < -0.4 is 0 Å². The zero-order valence-electron chi connectivity index (χ0n) is 12.6. The summed E-state index contributed by atoms with van der Waals surface area (Å²) in [4.78, 5) is 6.16. The van der Waals surface area contributed by atoms with E-state index >= 15 is 0 Å². The molecule has 4 aromatic rings. The van der Waals surface area contributed by atoms with Crippen molar-refractivity contribution in [2.24, 2.45) is 10.2 Å². The maximum atomic E-state index is 9.47. The first-order valence-electron chi connectivity index (χ1n) is 7.37. The average molecular weight is 318 g/mol. The third-order valence-corrected chi connectivity index (χ3v) is 3.85. The van der Waals surface area contributed by atoms with Gasteiger partial charge in [0.2, 0.25) is 0 Å². The first-order chi connectivity index (χ1) is 11.7. The number of nitrogens with zero attached hydrogens (tertiary/aromatic N) is 2. The van der Waals surface area contributed by atoms with Crippen molar-refractivity contribution in [3.05, 3.63) is 59.9 Å². The van der Waals surface area contributed by atoms with Crippen molar-refractivity contribution >= 4 is 34.2 Å². The average Bonchev–Trinajstić information content (AvgIpc) is 3.15. The second-order valence-electron chi connectivity index (χ2n) is 5.44. The zero-order chi connectivity index (χ0) is 16.5. The number of phenolic OH excluding ortho intramolecular Hbond substituents is 2. The highest BCUT2D eigenvalue weighted by molar-refractivity contribution is 6.01. The summed E-state index contributed by atoms with van der Waals surface area (Å²) >= 11 is 0. The Kier molecular flexibility index (Phi) is 3.28. The van der Waals surface area contributed by atoms with Gasteiger partial charge in [-0.2, -0.15) is 10.2 Å². The van der Waals surface area contributed by atoms with Crippen molar-refractivity contribution in [2.45, 2.75) is 0 Å². The van der Waals surface area contributed by atoms with E-state index in [0.717, 1.165) is 32.9 Å². The van der Waals surface area contributed by atoms with Crippen LogP contribution in [0.5, 0.6) is 11.5 Å². The van der Waals surface area contributed by atoms with Crippen molar-refractivity contribution in [1.29, 1.82) is 0 Å². The number of fused-ring (bicyclic) bond motifs is 2. The zero-order valence-corrected chi connectivity index (χ0v) is 12.6. The lowest BCUT2D eigenvalue weighted by molar-refractivity contribution is 0.475. The Labute approximate surface area is 136 Å². The number of H-pyrrole nitrogens is 2. The lowest BCUT2D eigenvalue weighted by Gasteiger charge is -1.93. The van der Waals surface area contributed by atoms with Crippen LogP contribution in [0.15, 0.2) is 59.0 Å². The molecule has 0 unspecified atom stereocenters. The van der Waals surface area contributed by atoms with Gasteiger partial charge in [0.1, 0.15) is 11.5 Å². The van der Waals surface area contributed by atoms with E-state index in [-0.39, 0.29) is 11.5 Å². The number of rotatable bonds is 3. The molecule has 0 fully saturated rings. The molecule has 0 atom stereocenters. The van der Waals surface area contributed by atoms with Gasteiger partial charge in [0, 0.05) is 57.5 Å². The first-order valence-corrected chi connectivity index (χ1v) is 7.37. The molecular formula is C18H14N4O2. The number of aromatic hydroxyl groups is 2. The highest BCUT2D eigenvalue weighted by atomic mass is 16.3. The van der Waals surface area contributed by atoms with Gasteiger partial charge in [-0.05, 0) is 24.3 Å². The molecule has 118 valence electrons. The van der Waals surface area contributed by atoms with Crippen LogP contribution in [0, 0.1) is 0 Å². The van der Waals surface area contributed by atoms with Gasteiger partial charge in [0.15, 0.2) is 0 Å². The Hall–Kier alpha value is -3.54. The van der Waals surface area contributed by atoms with Gasteiger partial charge in [-0.15, -0.1) is 0 Å². The molecule has 0 spiro atoms. The van der Waals surface area contributed by atoms with E-state index in [0.29, 0.717) is 0 Å². The fourth-order valence-corrected chi connectivity index (χ4v) is 2.68. The summed E-state index contributed by atoms with van der Waals surface area (Å²) in [6.07, 6.45) is 6.95. The van der Waals surface area contributed by atoms with E-state index in [1.54, 1.807) is 36.7 Å². The second kappa shape index (κ2) is 5.58. The van der Waals surface area contributed by atoms with Gasteiger partial charge in [-0.25, -0.2) is 0 Å². The van der Waals surface area contributed by atoms with Crippen LogP contribution in [0.4, 0.5) is 0 Å². The molecule has 2 aromatic heterocycles. The maximum absolute atomic E-state index is 9.47. The molecule has 24 heavy (non-hydrogen) atoms. The van der Waals surface area contributed by atoms with Gasteiger partial charge in [-0.1, -0.05) is 0 Å². The molecule has 0 amide bonds. The Morgan fingerprint density at radius 2 is 1.17 bits per heavy atom. The molecule has 4 rings (SSSR count). The summed E-state index contributed by atoms with van der Waals surface area (Å²) in [7, 11) is 0. The topological polar surface area (TPSA) is 96.8 Å². The predicted octanol–water partition coefficient (Wildman–Crippen LogP) is 3.51. The molecule has 2 heterocycles. The third kappa shape index (κ3) is 2.50. The Morgan fingerprint density at radius 1 is 0.708 bits per heavy atom. The minimum Gasteiger partial charge on any atom is -0.508 e. The molecule has 2 aromatic carbocycles. The lowest BCUT2D eigenvalue weighted by atomic mass is 10.2.